The Morgan fingerprint density at radius 3 is 2.26 bits per heavy atom. The van der Waals surface area contributed by atoms with Gasteiger partial charge in [-0.3, -0.25) is 0 Å². The Balaban J connectivity index is 2.52. The predicted octanol–water partition coefficient (Wildman–Crippen LogP) is 6.36. The van der Waals surface area contributed by atoms with Gasteiger partial charge in [0, 0.05) is 20.6 Å². The fraction of sp³-hybridized carbons (Fsp3) is 0.0769. The fourth-order valence-electron chi connectivity index (χ4n) is 1.61. The van der Waals surface area contributed by atoms with Gasteiger partial charge >= 0.3 is 0 Å². The molecule has 1 unspecified atom stereocenters. The lowest BCUT2D eigenvalue weighted by Gasteiger charge is -2.13. The molecule has 0 spiro atoms. The maximum absolute atomic E-state index is 13.9. The summed E-state index contributed by atoms with van der Waals surface area (Å²) in [4.78, 5) is 0. The van der Waals surface area contributed by atoms with Crippen LogP contribution in [0.3, 0.4) is 0 Å². The summed E-state index contributed by atoms with van der Waals surface area (Å²) in [6.07, 6.45) is 0. The average Bonchev–Trinajstić information content (AvgIpc) is 2.36. The molecule has 6 heteroatoms. The average molecular weight is 386 g/mol. The lowest BCUT2D eigenvalue weighted by Crippen LogP contribution is -2.00. The molecule has 0 aromatic heterocycles. The van der Waals surface area contributed by atoms with Gasteiger partial charge in [0.2, 0.25) is 0 Å². The molecule has 2 aromatic carbocycles. The zero-order valence-electron chi connectivity index (χ0n) is 9.23. The van der Waals surface area contributed by atoms with Gasteiger partial charge < -0.3 is 0 Å². The number of halogens is 6. The number of rotatable bonds is 2. The Hall–Kier alpha value is -0.350. The van der Waals surface area contributed by atoms with E-state index in [9.17, 15) is 8.78 Å². The summed E-state index contributed by atoms with van der Waals surface area (Å²) in [5, 5.41) is -0.389. The van der Waals surface area contributed by atoms with Gasteiger partial charge in [-0.2, -0.15) is 0 Å². The second-order valence-corrected chi connectivity index (χ2v) is 5.95. The molecule has 0 nitrogen and oxygen atoms in total. The van der Waals surface area contributed by atoms with Crippen molar-refractivity contribution in [3.05, 3.63) is 67.6 Å². The van der Waals surface area contributed by atoms with Crippen molar-refractivity contribution in [2.75, 3.05) is 0 Å². The van der Waals surface area contributed by atoms with E-state index in [-0.39, 0.29) is 11.1 Å². The summed E-state index contributed by atoms with van der Waals surface area (Å²) in [7, 11) is 0. The molecule has 2 aromatic rings. The lowest BCUT2D eigenvalue weighted by molar-refractivity contribution is 0.596. The molecule has 0 saturated heterocycles. The van der Waals surface area contributed by atoms with Gasteiger partial charge in [0.05, 0.1) is 10.4 Å². The second kappa shape index (κ2) is 5.96. The second-order valence-electron chi connectivity index (χ2n) is 3.82. The summed E-state index contributed by atoms with van der Waals surface area (Å²) in [6, 6.07) is 6.50. The Bertz CT molecular complexity index is 632. The van der Waals surface area contributed by atoms with E-state index in [0.29, 0.717) is 14.5 Å². The van der Waals surface area contributed by atoms with E-state index in [2.05, 4.69) is 15.9 Å². The van der Waals surface area contributed by atoms with E-state index in [1.54, 1.807) is 0 Å². The van der Waals surface area contributed by atoms with Gasteiger partial charge in [0.25, 0.3) is 0 Å². The molecule has 0 bridgehead atoms. The molecule has 0 fully saturated rings. The smallest absolute Gasteiger partial charge is 0.129 e. The van der Waals surface area contributed by atoms with E-state index in [4.69, 9.17) is 34.8 Å². The molecule has 0 N–H and O–H groups in total. The van der Waals surface area contributed by atoms with Crippen molar-refractivity contribution in [2.24, 2.45) is 0 Å². The van der Waals surface area contributed by atoms with Gasteiger partial charge in [-0.1, -0.05) is 23.2 Å². The normalized spacial score (nSPS) is 12.5. The van der Waals surface area contributed by atoms with Crippen LogP contribution in [-0.2, 0) is 0 Å². The Morgan fingerprint density at radius 1 is 0.947 bits per heavy atom. The molecule has 1 atom stereocenters. The zero-order chi connectivity index (χ0) is 14.2. The molecule has 19 heavy (non-hydrogen) atoms. The molecular formula is C13H6BrCl3F2. The highest BCUT2D eigenvalue weighted by Gasteiger charge is 2.20. The standard InChI is InChI=1S/C13H6BrCl3F2/c14-9-5-12(19)8(4-10(9)16)13(17)7-3-6(15)1-2-11(7)18/h1-5,13H. The first-order chi connectivity index (χ1) is 8.90. The minimum Gasteiger partial charge on any atom is -0.207 e. The van der Waals surface area contributed by atoms with Crippen molar-refractivity contribution in [1.29, 1.82) is 0 Å². The third-order valence-electron chi connectivity index (χ3n) is 2.54. The number of hydrogen-bond donors (Lipinski definition) is 0. The summed E-state index contributed by atoms with van der Waals surface area (Å²) in [6.45, 7) is 0. The van der Waals surface area contributed by atoms with E-state index < -0.39 is 17.0 Å². The monoisotopic (exact) mass is 384 g/mol. The maximum atomic E-state index is 13.9. The Morgan fingerprint density at radius 2 is 1.58 bits per heavy atom. The van der Waals surface area contributed by atoms with Gasteiger partial charge in [0.1, 0.15) is 11.6 Å². The highest BCUT2D eigenvalue weighted by molar-refractivity contribution is 9.10. The first-order valence-electron chi connectivity index (χ1n) is 5.13. The number of benzene rings is 2. The van der Waals surface area contributed by atoms with Crippen molar-refractivity contribution in [2.45, 2.75) is 5.38 Å². The molecule has 0 aliphatic carbocycles. The fourth-order valence-corrected chi connectivity index (χ4v) is 2.61. The summed E-state index contributed by atoms with van der Waals surface area (Å²) < 4.78 is 28.0. The lowest BCUT2D eigenvalue weighted by atomic mass is 10.0. The number of hydrogen-bond acceptors (Lipinski definition) is 0. The van der Waals surface area contributed by atoms with Crippen molar-refractivity contribution in [3.8, 4) is 0 Å². The predicted molar refractivity (Wildman–Crippen MR) is 78.2 cm³/mol. The van der Waals surface area contributed by atoms with Crippen molar-refractivity contribution < 1.29 is 8.78 Å². The summed E-state index contributed by atoms with van der Waals surface area (Å²) >= 11 is 20.9. The van der Waals surface area contributed by atoms with Crippen LogP contribution in [0.5, 0.6) is 0 Å². The van der Waals surface area contributed by atoms with Crippen molar-refractivity contribution in [1.82, 2.24) is 0 Å². The van der Waals surface area contributed by atoms with E-state index >= 15 is 0 Å². The highest BCUT2D eigenvalue weighted by Crippen LogP contribution is 2.37. The van der Waals surface area contributed by atoms with Crippen LogP contribution in [-0.4, -0.2) is 0 Å². The minimum atomic E-state index is -1.01. The largest absolute Gasteiger partial charge is 0.207 e. The molecule has 0 radical (unpaired) electrons. The van der Waals surface area contributed by atoms with Crippen LogP contribution in [0.25, 0.3) is 0 Å². The maximum Gasteiger partial charge on any atom is 0.129 e. The van der Waals surface area contributed by atoms with E-state index in [1.807, 2.05) is 0 Å². The molecule has 2 rings (SSSR count). The molecule has 0 amide bonds. The van der Waals surface area contributed by atoms with Gasteiger partial charge in [0.15, 0.2) is 0 Å². The van der Waals surface area contributed by atoms with Crippen LogP contribution < -0.4 is 0 Å². The first-order valence-corrected chi connectivity index (χ1v) is 7.12. The molecule has 0 heterocycles. The van der Waals surface area contributed by atoms with Crippen LogP contribution in [0.4, 0.5) is 8.78 Å². The highest BCUT2D eigenvalue weighted by atomic mass is 79.9. The topological polar surface area (TPSA) is 0 Å². The quantitative estimate of drug-likeness (QED) is 0.416. The van der Waals surface area contributed by atoms with Gasteiger partial charge in [-0.05, 0) is 46.3 Å². The van der Waals surface area contributed by atoms with E-state index in [1.165, 1.54) is 30.3 Å². The minimum absolute atomic E-state index is 0.0935. The molecule has 100 valence electrons. The number of alkyl halides is 1. The SMILES string of the molecule is Fc1ccc(Cl)cc1C(Cl)c1cc(Cl)c(Br)cc1F. The van der Waals surface area contributed by atoms with Gasteiger partial charge in [-0.15, -0.1) is 11.6 Å². The Kier molecular flexibility index (Phi) is 4.72. The Labute approximate surface area is 132 Å². The van der Waals surface area contributed by atoms with Gasteiger partial charge in [-0.25, -0.2) is 8.78 Å². The van der Waals surface area contributed by atoms with Crippen LogP contribution in [0, 0.1) is 11.6 Å². The van der Waals surface area contributed by atoms with Crippen molar-refractivity contribution in [3.63, 3.8) is 0 Å². The molecule has 0 saturated carbocycles. The van der Waals surface area contributed by atoms with Crippen LogP contribution in [0.1, 0.15) is 16.5 Å². The van der Waals surface area contributed by atoms with Crippen LogP contribution in [0.15, 0.2) is 34.8 Å². The molecular weight excluding hydrogens is 380 g/mol. The van der Waals surface area contributed by atoms with E-state index in [0.717, 1.165) is 0 Å². The zero-order valence-corrected chi connectivity index (χ0v) is 13.1. The van der Waals surface area contributed by atoms with Crippen molar-refractivity contribution >= 4 is 50.7 Å². The van der Waals surface area contributed by atoms with Crippen LogP contribution >= 0.6 is 50.7 Å². The third kappa shape index (κ3) is 3.22. The van der Waals surface area contributed by atoms with Crippen LogP contribution in [0.2, 0.25) is 10.0 Å². The first kappa shape index (κ1) is 15.0. The summed E-state index contributed by atoms with van der Waals surface area (Å²) in [5.74, 6) is -1.13. The molecule has 0 aliphatic rings. The summed E-state index contributed by atoms with van der Waals surface area (Å²) in [5.41, 5.74) is 0.197. The molecule has 0 aliphatic heterocycles. The third-order valence-corrected chi connectivity index (χ3v) is 4.45.